The number of nitrogen functional groups attached to an aromatic ring is 1. The molecule has 0 aromatic heterocycles. The van der Waals surface area contributed by atoms with Crippen LogP contribution in [0.15, 0.2) is 23.1 Å². The summed E-state index contributed by atoms with van der Waals surface area (Å²) in [6.45, 7) is 2.84. The maximum atomic E-state index is 12.1. The number of anilines is 2. The predicted octanol–water partition coefficient (Wildman–Crippen LogP) is 1.50. The van der Waals surface area contributed by atoms with Gasteiger partial charge in [-0.25, -0.2) is 12.7 Å². The van der Waals surface area contributed by atoms with Crippen molar-refractivity contribution in [3.63, 3.8) is 0 Å². The van der Waals surface area contributed by atoms with Crippen LogP contribution in [-0.4, -0.2) is 45.6 Å². The van der Waals surface area contributed by atoms with Gasteiger partial charge in [0.05, 0.1) is 22.4 Å². The van der Waals surface area contributed by atoms with Crippen LogP contribution < -0.4 is 11.1 Å². The highest BCUT2D eigenvalue weighted by atomic mass is 32.2. The first kappa shape index (κ1) is 16.1. The van der Waals surface area contributed by atoms with Gasteiger partial charge < -0.3 is 15.8 Å². The first-order valence-corrected chi connectivity index (χ1v) is 8.46. The number of sulfonamides is 1. The van der Waals surface area contributed by atoms with Gasteiger partial charge in [0.1, 0.15) is 0 Å². The molecule has 7 heteroatoms. The molecular weight excluding hydrogens is 290 g/mol. The lowest BCUT2D eigenvalue weighted by Crippen LogP contribution is -2.30. The van der Waals surface area contributed by atoms with E-state index in [0.717, 1.165) is 25.1 Å². The maximum Gasteiger partial charge on any atom is 0.242 e. The number of rotatable bonds is 5. The second-order valence-corrected chi connectivity index (χ2v) is 7.67. The van der Waals surface area contributed by atoms with Crippen LogP contribution in [0.4, 0.5) is 11.4 Å². The fourth-order valence-corrected chi connectivity index (χ4v) is 3.32. The van der Waals surface area contributed by atoms with Crippen LogP contribution in [0.1, 0.15) is 19.8 Å². The topological polar surface area (TPSA) is 84.7 Å². The van der Waals surface area contributed by atoms with Crippen molar-refractivity contribution in [1.29, 1.82) is 0 Å². The molecule has 2 rings (SSSR count). The molecule has 1 aromatic carbocycles. The van der Waals surface area contributed by atoms with Crippen LogP contribution in [0.3, 0.4) is 0 Å². The number of ether oxygens (including phenoxy) is 1. The molecule has 0 bridgehead atoms. The molecule has 0 radical (unpaired) electrons. The zero-order valence-electron chi connectivity index (χ0n) is 12.7. The third-order valence-corrected chi connectivity index (χ3v) is 5.52. The van der Waals surface area contributed by atoms with E-state index in [1.165, 1.54) is 24.5 Å². The Labute approximate surface area is 126 Å². The molecule has 1 aromatic rings. The van der Waals surface area contributed by atoms with Gasteiger partial charge in [0.15, 0.2) is 0 Å². The second-order valence-electron chi connectivity index (χ2n) is 5.52. The third-order valence-electron chi connectivity index (χ3n) is 3.71. The van der Waals surface area contributed by atoms with Gasteiger partial charge in [-0.05, 0) is 38.0 Å². The van der Waals surface area contributed by atoms with Crippen LogP contribution in [0.5, 0.6) is 0 Å². The van der Waals surface area contributed by atoms with Gasteiger partial charge in [0.25, 0.3) is 0 Å². The summed E-state index contributed by atoms with van der Waals surface area (Å²) >= 11 is 0. The van der Waals surface area contributed by atoms with E-state index in [4.69, 9.17) is 10.5 Å². The minimum atomic E-state index is -3.46. The molecule has 0 saturated carbocycles. The summed E-state index contributed by atoms with van der Waals surface area (Å²) in [6.07, 6.45) is 2.28. The Morgan fingerprint density at radius 2 is 2.14 bits per heavy atom. The van der Waals surface area contributed by atoms with Gasteiger partial charge in [-0.15, -0.1) is 0 Å². The number of nitrogens with one attached hydrogen (secondary N) is 1. The third kappa shape index (κ3) is 3.48. The summed E-state index contributed by atoms with van der Waals surface area (Å²) in [5, 5.41) is 3.30. The molecular formula is C14H23N3O3S. The normalized spacial score (nSPS) is 20.7. The highest BCUT2D eigenvalue weighted by molar-refractivity contribution is 7.89. The van der Waals surface area contributed by atoms with E-state index in [-0.39, 0.29) is 17.0 Å². The van der Waals surface area contributed by atoms with Crippen molar-refractivity contribution in [3.8, 4) is 0 Å². The molecule has 3 N–H and O–H groups in total. The summed E-state index contributed by atoms with van der Waals surface area (Å²) < 4.78 is 30.9. The molecule has 0 spiro atoms. The van der Waals surface area contributed by atoms with Crippen LogP contribution in [0.2, 0.25) is 0 Å². The van der Waals surface area contributed by atoms with Crippen molar-refractivity contribution in [2.45, 2.75) is 36.8 Å². The van der Waals surface area contributed by atoms with Crippen molar-refractivity contribution in [1.82, 2.24) is 4.31 Å². The molecule has 21 heavy (non-hydrogen) atoms. The minimum Gasteiger partial charge on any atom is -0.397 e. The van der Waals surface area contributed by atoms with Gasteiger partial charge in [-0.1, -0.05) is 0 Å². The monoisotopic (exact) mass is 313 g/mol. The first-order chi connectivity index (χ1) is 9.82. The fourth-order valence-electron chi connectivity index (χ4n) is 2.38. The molecule has 6 nitrogen and oxygen atoms in total. The largest absolute Gasteiger partial charge is 0.397 e. The Hall–Kier alpha value is -1.31. The Balaban J connectivity index is 2.16. The highest BCUT2D eigenvalue weighted by Crippen LogP contribution is 2.26. The number of hydrogen-bond acceptors (Lipinski definition) is 5. The summed E-state index contributed by atoms with van der Waals surface area (Å²) in [7, 11) is -0.465. The molecule has 1 saturated heterocycles. The fraction of sp³-hybridized carbons (Fsp3) is 0.571. The lowest BCUT2D eigenvalue weighted by molar-refractivity contribution is 0.0997. The van der Waals surface area contributed by atoms with Crippen LogP contribution in [-0.2, 0) is 14.8 Å². The second kappa shape index (κ2) is 6.21. The van der Waals surface area contributed by atoms with Gasteiger partial charge in [0.2, 0.25) is 10.0 Å². The van der Waals surface area contributed by atoms with Crippen LogP contribution >= 0.6 is 0 Å². The zero-order chi connectivity index (χ0) is 15.6. The number of nitrogens with two attached hydrogens (primary N) is 1. The predicted molar refractivity (Wildman–Crippen MR) is 83.8 cm³/mol. The SMILES string of the molecule is CC(Nc1ccc(S(=O)(=O)N(C)C)cc1N)C1CCCO1. The molecule has 1 aliphatic rings. The van der Waals surface area contributed by atoms with Crippen molar-refractivity contribution in [2.75, 3.05) is 31.8 Å². The highest BCUT2D eigenvalue weighted by Gasteiger charge is 2.23. The summed E-state index contributed by atoms with van der Waals surface area (Å²) in [4.78, 5) is 0.195. The van der Waals surface area contributed by atoms with E-state index in [9.17, 15) is 8.42 Å². The van der Waals surface area contributed by atoms with Crippen LogP contribution in [0, 0.1) is 0 Å². The first-order valence-electron chi connectivity index (χ1n) is 7.02. The standard InChI is InChI=1S/C14H23N3O3S/c1-10(14-5-4-8-20-14)16-13-7-6-11(9-12(13)15)21(18,19)17(2)3/h6-7,9-10,14,16H,4-5,8,15H2,1-3H3. The number of nitrogens with zero attached hydrogens (tertiary/aromatic N) is 1. The summed E-state index contributed by atoms with van der Waals surface area (Å²) in [5.74, 6) is 0. The molecule has 1 heterocycles. The molecule has 118 valence electrons. The molecule has 2 unspecified atom stereocenters. The number of hydrogen-bond donors (Lipinski definition) is 2. The van der Waals surface area contributed by atoms with Crippen molar-refractivity contribution in [2.24, 2.45) is 0 Å². The summed E-state index contributed by atoms with van der Waals surface area (Å²) in [5.41, 5.74) is 7.13. The van der Waals surface area contributed by atoms with E-state index >= 15 is 0 Å². The smallest absolute Gasteiger partial charge is 0.242 e. The lowest BCUT2D eigenvalue weighted by Gasteiger charge is -2.22. The quantitative estimate of drug-likeness (QED) is 0.805. The molecule has 1 fully saturated rings. The van der Waals surface area contributed by atoms with Crippen molar-refractivity contribution < 1.29 is 13.2 Å². The molecule has 2 atom stereocenters. The maximum absolute atomic E-state index is 12.1. The van der Waals surface area contributed by atoms with E-state index < -0.39 is 10.0 Å². The van der Waals surface area contributed by atoms with Crippen molar-refractivity contribution in [3.05, 3.63) is 18.2 Å². The van der Waals surface area contributed by atoms with Crippen molar-refractivity contribution >= 4 is 21.4 Å². The Bertz CT molecular complexity index is 595. The van der Waals surface area contributed by atoms with E-state index in [1.54, 1.807) is 12.1 Å². The van der Waals surface area contributed by atoms with E-state index in [2.05, 4.69) is 5.32 Å². The Morgan fingerprint density at radius 1 is 1.43 bits per heavy atom. The van der Waals surface area contributed by atoms with E-state index in [0.29, 0.717) is 5.69 Å². The van der Waals surface area contributed by atoms with Gasteiger partial charge in [-0.2, -0.15) is 0 Å². The molecule has 1 aliphatic heterocycles. The number of benzene rings is 1. The van der Waals surface area contributed by atoms with E-state index in [1.807, 2.05) is 6.92 Å². The van der Waals surface area contributed by atoms with Gasteiger partial charge in [0, 0.05) is 26.7 Å². The zero-order valence-corrected chi connectivity index (χ0v) is 13.5. The average Bonchev–Trinajstić information content (AvgIpc) is 2.94. The lowest BCUT2D eigenvalue weighted by atomic mass is 10.1. The molecule has 0 amide bonds. The molecule has 0 aliphatic carbocycles. The summed E-state index contributed by atoms with van der Waals surface area (Å²) in [6, 6.07) is 4.89. The average molecular weight is 313 g/mol. The Kier molecular flexibility index (Phi) is 4.75. The van der Waals surface area contributed by atoms with Gasteiger partial charge >= 0.3 is 0 Å². The van der Waals surface area contributed by atoms with Crippen LogP contribution in [0.25, 0.3) is 0 Å². The van der Waals surface area contributed by atoms with Gasteiger partial charge in [-0.3, -0.25) is 0 Å². The Morgan fingerprint density at radius 3 is 2.67 bits per heavy atom. The minimum absolute atomic E-state index is 0.131.